The number of halogens is 4. The van der Waals surface area contributed by atoms with Crippen LogP contribution in [-0.4, -0.2) is 33.3 Å². The molecule has 28 heavy (non-hydrogen) atoms. The van der Waals surface area contributed by atoms with E-state index in [0.717, 1.165) is 17.8 Å². The van der Waals surface area contributed by atoms with E-state index in [2.05, 4.69) is 10.2 Å². The lowest BCUT2D eigenvalue weighted by Gasteiger charge is -2.33. The van der Waals surface area contributed by atoms with Crippen LogP contribution in [0.3, 0.4) is 0 Å². The molecule has 2 aromatic rings. The number of nitrogens with two attached hydrogens (primary N) is 1. The van der Waals surface area contributed by atoms with Crippen LogP contribution in [0.1, 0.15) is 39.8 Å². The van der Waals surface area contributed by atoms with Gasteiger partial charge in [0.15, 0.2) is 0 Å². The van der Waals surface area contributed by atoms with Crippen LogP contribution in [0.15, 0.2) is 24.3 Å². The number of carbonyl (C=O) groups is 1. The van der Waals surface area contributed by atoms with Gasteiger partial charge < -0.3 is 16.0 Å². The molecular formula is C18H17ClF3N5O. The fourth-order valence-electron chi connectivity index (χ4n) is 3.23. The van der Waals surface area contributed by atoms with Crippen LogP contribution in [0.5, 0.6) is 0 Å². The summed E-state index contributed by atoms with van der Waals surface area (Å²) in [4.78, 5) is 14.4. The Hall–Kier alpha value is -2.81. The highest BCUT2D eigenvalue weighted by atomic mass is 35.5. The van der Waals surface area contributed by atoms with Gasteiger partial charge in [0.25, 0.3) is 5.91 Å². The number of amides is 1. The minimum absolute atomic E-state index is 0.132. The Balaban J connectivity index is 1.94. The molecule has 0 bridgehead atoms. The minimum Gasteiger partial charge on any atom is -0.397 e. The fourth-order valence-corrected chi connectivity index (χ4v) is 3.55. The number of rotatable bonds is 3. The summed E-state index contributed by atoms with van der Waals surface area (Å²) in [5, 5.41) is 13.5. The third-order valence-corrected chi connectivity index (χ3v) is 5.05. The normalized spacial score (nSPS) is 17.4. The smallest absolute Gasteiger partial charge is 0.397 e. The number of allylic oxidation sites excluding steroid dienone is 1. The van der Waals surface area contributed by atoms with E-state index in [9.17, 15) is 18.0 Å². The number of hydrogen-bond donors (Lipinski definition) is 3. The first kappa shape index (κ1) is 19.9. The summed E-state index contributed by atoms with van der Waals surface area (Å²) in [5.74, 6) is -0.589. The molecule has 0 radical (unpaired) electrons. The molecule has 1 atom stereocenters. The van der Waals surface area contributed by atoms with E-state index in [4.69, 9.17) is 22.7 Å². The third kappa shape index (κ3) is 3.49. The second-order valence-electron chi connectivity index (χ2n) is 6.47. The summed E-state index contributed by atoms with van der Waals surface area (Å²) in [7, 11) is 0. The molecule has 1 aliphatic rings. The summed E-state index contributed by atoms with van der Waals surface area (Å²) >= 11 is 5.90. The van der Waals surface area contributed by atoms with Gasteiger partial charge in [0.05, 0.1) is 34.1 Å². The van der Waals surface area contributed by atoms with Crippen molar-refractivity contribution in [3.05, 3.63) is 57.4 Å². The van der Waals surface area contributed by atoms with Crippen molar-refractivity contribution >= 4 is 29.4 Å². The standard InChI is InChI=1S/C18H17ClF3N5O/c1-9-7-11-14(25-26-16(11)13(24)5-6-23)8-27(9)17(28)10-3-2-4-12(15(10)19)18(20,21)22/h2-6,9,23H,7-8,24H2,1H3,(H,25,26)/b13-5-,23-6?. The molecule has 0 fully saturated rings. The molecule has 0 aliphatic carbocycles. The van der Waals surface area contributed by atoms with Crippen LogP contribution in [0.25, 0.3) is 5.70 Å². The number of aromatic amines is 1. The lowest BCUT2D eigenvalue weighted by atomic mass is 9.96. The number of hydrogen-bond acceptors (Lipinski definition) is 4. The van der Waals surface area contributed by atoms with Gasteiger partial charge in [0, 0.05) is 17.8 Å². The second-order valence-corrected chi connectivity index (χ2v) is 6.85. The Bertz CT molecular complexity index is 967. The van der Waals surface area contributed by atoms with Gasteiger partial charge in [-0.1, -0.05) is 17.7 Å². The van der Waals surface area contributed by atoms with Gasteiger partial charge in [-0.2, -0.15) is 18.3 Å². The van der Waals surface area contributed by atoms with Crippen LogP contribution < -0.4 is 5.73 Å². The molecule has 1 amide bonds. The number of carbonyl (C=O) groups excluding carboxylic acids is 1. The molecule has 0 spiro atoms. The van der Waals surface area contributed by atoms with E-state index >= 15 is 0 Å². The number of alkyl halides is 3. The first-order valence-electron chi connectivity index (χ1n) is 8.34. The average molecular weight is 412 g/mol. The number of nitrogens with one attached hydrogen (secondary N) is 2. The number of benzene rings is 1. The average Bonchev–Trinajstić information content (AvgIpc) is 3.02. The molecule has 1 aromatic heterocycles. The molecule has 0 saturated carbocycles. The van der Waals surface area contributed by atoms with Crippen LogP contribution >= 0.6 is 11.6 Å². The summed E-state index contributed by atoms with van der Waals surface area (Å²) in [6.07, 6.45) is -1.78. The molecule has 4 N–H and O–H groups in total. The van der Waals surface area contributed by atoms with Crippen molar-refractivity contribution in [3.63, 3.8) is 0 Å². The van der Waals surface area contributed by atoms with Crippen molar-refractivity contribution in [2.75, 3.05) is 0 Å². The zero-order valence-corrected chi connectivity index (χ0v) is 15.5. The predicted molar refractivity (Wildman–Crippen MR) is 99.0 cm³/mol. The van der Waals surface area contributed by atoms with Gasteiger partial charge in [0.1, 0.15) is 5.69 Å². The Morgan fingerprint density at radius 2 is 2.18 bits per heavy atom. The molecule has 6 nitrogen and oxygen atoms in total. The monoisotopic (exact) mass is 411 g/mol. The van der Waals surface area contributed by atoms with Crippen molar-refractivity contribution in [3.8, 4) is 0 Å². The first-order chi connectivity index (χ1) is 13.1. The topological polar surface area (TPSA) is 98.9 Å². The molecule has 1 unspecified atom stereocenters. The highest BCUT2D eigenvalue weighted by Crippen LogP contribution is 2.37. The minimum atomic E-state index is -4.65. The maximum absolute atomic E-state index is 13.1. The summed E-state index contributed by atoms with van der Waals surface area (Å²) in [6, 6.07) is 2.98. The summed E-state index contributed by atoms with van der Waals surface area (Å²) in [5.41, 5.74) is 6.96. The number of fused-ring (bicyclic) bond motifs is 1. The third-order valence-electron chi connectivity index (χ3n) is 4.64. The highest BCUT2D eigenvalue weighted by molar-refractivity contribution is 6.34. The van der Waals surface area contributed by atoms with Crippen molar-refractivity contribution in [1.29, 1.82) is 5.41 Å². The molecule has 1 aromatic carbocycles. The number of H-pyrrole nitrogens is 1. The largest absolute Gasteiger partial charge is 0.417 e. The Labute approximate surface area is 163 Å². The summed E-state index contributed by atoms with van der Waals surface area (Å²) < 4.78 is 39.3. The van der Waals surface area contributed by atoms with Crippen molar-refractivity contribution in [2.45, 2.75) is 32.1 Å². The molecule has 10 heteroatoms. The van der Waals surface area contributed by atoms with Crippen molar-refractivity contribution in [1.82, 2.24) is 15.1 Å². The first-order valence-corrected chi connectivity index (χ1v) is 8.72. The van der Waals surface area contributed by atoms with Gasteiger partial charge in [-0.3, -0.25) is 9.89 Å². The maximum Gasteiger partial charge on any atom is 0.417 e. The van der Waals surface area contributed by atoms with E-state index in [1.807, 2.05) is 0 Å². The Morgan fingerprint density at radius 1 is 1.46 bits per heavy atom. The maximum atomic E-state index is 13.1. The van der Waals surface area contributed by atoms with Crippen LogP contribution in [-0.2, 0) is 19.1 Å². The van der Waals surface area contributed by atoms with Gasteiger partial charge in [-0.05, 0) is 31.6 Å². The molecule has 148 valence electrons. The van der Waals surface area contributed by atoms with Gasteiger partial charge in [-0.25, -0.2) is 0 Å². The second kappa shape index (κ2) is 7.31. The van der Waals surface area contributed by atoms with Crippen LogP contribution in [0, 0.1) is 5.41 Å². The van der Waals surface area contributed by atoms with Gasteiger partial charge in [-0.15, -0.1) is 0 Å². The zero-order valence-electron chi connectivity index (χ0n) is 14.8. The van der Waals surface area contributed by atoms with E-state index in [1.54, 1.807) is 6.92 Å². The number of aromatic nitrogens is 2. The predicted octanol–water partition coefficient (Wildman–Crippen LogP) is 3.62. The van der Waals surface area contributed by atoms with Crippen LogP contribution in [0.4, 0.5) is 13.2 Å². The van der Waals surface area contributed by atoms with E-state index in [0.29, 0.717) is 23.5 Å². The lowest BCUT2D eigenvalue weighted by Crippen LogP contribution is -2.43. The summed E-state index contributed by atoms with van der Waals surface area (Å²) in [6.45, 7) is 1.92. The van der Waals surface area contributed by atoms with Crippen molar-refractivity contribution in [2.24, 2.45) is 5.73 Å². The Morgan fingerprint density at radius 3 is 2.82 bits per heavy atom. The highest BCUT2D eigenvalue weighted by Gasteiger charge is 2.37. The van der Waals surface area contributed by atoms with E-state index in [-0.39, 0.29) is 18.2 Å². The molecule has 1 aliphatic heterocycles. The fraction of sp³-hybridized carbons (Fsp3) is 0.278. The Kier molecular flexibility index (Phi) is 5.20. The molecular weight excluding hydrogens is 395 g/mol. The SMILES string of the molecule is CC1Cc2c(/C(N)=C/C=N)n[nH]c2CN1C(=O)c1cccc(C(F)(F)F)c1Cl. The quantitative estimate of drug-likeness (QED) is 0.672. The van der Waals surface area contributed by atoms with Crippen LogP contribution in [0.2, 0.25) is 5.02 Å². The van der Waals surface area contributed by atoms with E-state index < -0.39 is 22.7 Å². The zero-order chi connectivity index (χ0) is 20.6. The van der Waals surface area contributed by atoms with Gasteiger partial charge in [0.2, 0.25) is 0 Å². The number of nitrogens with zero attached hydrogens (tertiary/aromatic N) is 2. The molecule has 2 heterocycles. The molecule has 0 saturated heterocycles. The van der Waals surface area contributed by atoms with Crippen molar-refractivity contribution < 1.29 is 18.0 Å². The lowest BCUT2D eigenvalue weighted by molar-refractivity contribution is -0.137. The van der Waals surface area contributed by atoms with Gasteiger partial charge >= 0.3 is 6.18 Å². The molecule has 3 rings (SSSR count). The van der Waals surface area contributed by atoms with E-state index in [1.165, 1.54) is 23.1 Å².